The van der Waals surface area contributed by atoms with Gasteiger partial charge in [0.25, 0.3) is 5.91 Å². The maximum absolute atomic E-state index is 13.6. The van der Waals surface area contributed by atoms with Crippen LogP contribution in [0.1, 0.15) is 46.0 Å². The summed E-state index contributed by atoms with van der Waals surface area (Å²) in [4.78, 5) is 41.4. The second kappa shape index (κ2) is 16.2. The van der Waals surface area contributed by atoms with Crippen LogP contribution in [0.5, 0.6) is 5.75 Å². The number of carbonyl (C=O) groups excluding carboxylic acids is 3. The van der Waals surface area contributed by atoms with Crippen LogP contribution in [0, 0.1) is 6.92 Å². The van der Waals surface area contributed by atoms with Gasteiger partial charge in [0.1, 0.15) is 11.8 Å². The van der Waals surface area contributed by atoms with Gasteiger partial charge in [-0.05, 0) is 48.6 Å². The van der Waals surface area contributed by atoms with Gasteiger partial charge >= 0.3 is 0 Å². The molecule has 0 spiro atoms. The van der Waals surface area contributed by atoms with Crippen molar-refractivity contribution in [3.05, 3.63) is 137 Å². The van der Waals surface area contributed by atoms with Crippen molar-refractivity contribution >= 4 is 17.7 Å². The lowest BCUT2D eigenvalue weighted by Gasteiger charge is -2.32. The highest BCUT2D eigenvalue weighted by Crippen LogP contribution is 2.21. The molecule has 3 amide bonds. The lowest BCUT2D eigenvalue weighted by atomic mass is 9.97. The number of hydrogen-bond donors (Lipinski definition) is 4. The van der Waals surface area contributed by atoms with Crippen molar-refractivity contribution in [2.45, 2.75) is 57.8 Å². The molecule has 8 heteroatoms. The molecule has 4 aromatic carbocycles. The molecule has 8 nitrogen and oxygen atoms in total. The van der Waals surface area contributed by atoms with Crippen LogP contribution in [-0.4, -0.2) is 57.6 Å². The Morgan fingerprint density at radius 1 is 0.756 bits per heavy atom. The molecular formula is C37H41N3O5. The second-order valence-corrected chi connectivity index (χ2v) is 11.2. The Morgan fingerprint density at radius 2 is 1.31 bits per heavy atom. The summed E-state index contributed by atoms with van der Waals surface area (Å²) in [5.74, 6) is -0.998. The summed E-state index contributed by atoms with van der Waals surface area (Å²) in [6.45, 7) is 3.49. The average Bonchev–Trinajstić information content (AvgIpc) is 3.05. The highest BCUT2D eigenvalue weighted by Gasteiger charge is 2.30. The Morgan fingerprint density at radius 3 is 1.89 bits per heavy atom. The molecular weight excluding hydrogens is 566 g/mol. The quantitative estimate of drug-likeness (QED) is 0.168. The molecule has 0 heterocycles. The van der Waals surface area contributed by atoms with E-state index in [2.05, 4.69) is 10.6 Å². The Bertz CT molecular complexity index is 1550. The fourth-order valence-corrected chi connectivity index (χ4v) is 5.36. The average molecular weight is 608 g/mol. The van der Waals surface area contributed by atoms with Crippen molar-refractivity contribution in [3.8, 4) is 5.75 Å². The Balaban J connectivity index is 1.53. The van der Waals surface area contributed by atoms with Gasteiger partial charge in [-0.15, -0.1) is 0 Å². The molecule has 4 N–H and O–H groups in total. The number of phenols is 1. The molecule has 0 bridgehead atoms. The Labute approximate surface area is 264 Å². The van der Waals surface area contributed by atoms with E-state index in [-0.39, 0.29) is 30.5 Å². The fraction of sp³-hybridized carbons (Fsp3) is 0.270. The summed E-state index contributed by atoms with van der Waals surface area (Å²) in [6, 6.07) is 31.8. The first-order valence-corrected chi connectivity index (χ1v) is 15.2. The molecule has 0 fully saturated rings. The lowest BCUT2D eigenvalue weighted by Crippen LogP contribution is -2.52. The van der Waals surface area contributed by atoms with E-state index in [0.29, 0.717) is 30.5 Å². The number of phenolic OH excluding ortho intramolecular Hbond substituents is 1. The smallest absolute Gasteiger partial charge is 0.252 e. The number of rotatable bonds is 14. The molecule has 3 atom stereocenters. The van der Waals surface area contributed by atoms with E-state index in [9.17, 15) is 24.6 Å². The number of amides is 3. The Kier molecular flexibility index (Phi) is 11.9. The minimum absolute atomic E-state index is 0.00917. The third-order valence-corrected chi connectivity index (χ3v) is 7.96. The van der Waals surface area contributed by atoms with E-state index in [0.717, 1.165) is 16.7 Å². The van der Waals surface area contributed by atoms with Gasteiger partial charge in [0.2, 0.25) is 11.8 Å². The molecule has 0 saturated heterocycles. The predicted molar refractivity (Wildman–Crippen MR) is 174 cm³/mol. The van der Waals surface area contributed by atoms with Gasteiger partial charge in [0.05, 0.1) is 12.1 Å². The van der Waals surface area contributed by atoms with Crippen molar-refractivity contribution in [2.24, 2.45) is 0 Å². The standard InChI is InChI=1S/C37H41N3O5/c1-26-31(19-12-20-34(26)42)36(44)39-32(23-28-13-6-3-7-14-28)35(43)21-22-40(27(2)41)33(24-29-15-8-4-9-16-29)37(45)38-25-30-17-10-5-11-18-30/h3-20,32-33,35,42-43H,21-25H2,1-2H3,(H,38,45)(H,39,44)/t32-,33-,35+/m0/s1. The van der Waals surface area contributed by atoms with Crippen LogP contribution >= 0.6 is 0 Å². The molecule has 234 valence electrons. The second-order valence-electron chi connectivity index (χ2n) is 11.2. The van der Waals surface area contributed by atoms with Crippen molar-refractivity contribution in [1.82, 2.24) is 15.5 Å². The zero-order chi connectivity index (χ0) is 32.2. The van der Waals surface area contributed by atoms with E-state index in [1.807, 2.05) is 91.0 Å². The highest BCUT2D eigenvalue weighted by molar-refractivity contribution is 5.96. The normalized spacial score (nSPS) is 12.9. The van der Waals surface area contributed by atoms with Gasteiger partial charge in [-0.1, -0.05) is 97.1 Å². The fourth-order valence-electron chi connectivity index (χ4n) is 5.36. The van der Waals surface area contributed by atoms with Crippen LogP contribution in [0.3, 0.4) is 0 Å². The molecule has 4 rings (SSSR count). The number of nitrogens with one attached hydrogen (secondary N) is 2. The summed E-state index contributed by atoms with van der Waals surface area (Å²) in [6.07, 6.45) is -0.277. The Hall–Kier alpha value is -4.95. The molecule has 0 unspecified atom stereocenters. The molecule has 0 aromatic heterocycles. The third-order valence-electron chi connectivity index (χ3n) is 7.96. The monoisotopic (exact) mass is 607 g/mol. The minimum atomic E-state index is -1.04. The van der Waals surface area contributed by atoms with E-state index in [1.54, 1.807) is 19.1 Å². The summed E-state index contributed by atoms with van der Waals surface area (Å²) in [5, 5.41) is 27.5. The minimum Gasteiger partial charge on any atom is -0.508 e. The molecule has 0 aliphatic carbocycles. The maximum atomic E-state index is 13.6. The maximum Gasteiger partial charge on any atom is 0.252 e. The van der Waals surface area contributed by atoms with Gasteiger partial charge in [0, 0.05) is 37.6 Å². The van der Waals surface area contributed by atoms with Gasteiger partial charge in [-0.2, -0.15) is 0 Å². The van der Waals surface area contributed by atoms with E-state index in [4.69, 9.17) is 0 Å². The number of carbonyl (C=O) groups is 3. The van der Waals surface area contributed by atoms with Gasteiger partial charge in [-0.25, -0.2) is 0 Å². The van der Waals surface area contributed by atoms with E-state index in [1.165, 1.54) is 17.9 Å². The zero-order valence-electron chi connectivity index (χ0n) is 25.7. The number of hydrogen-bond acceptors (Lipinski definition) is 5. The van der Waals surface area contributed by atoms with Crippen LogP contribution in [0.4, 0.5) is 0 Å². The summed E-state index contributed by atoms with van der Waals surface area (Å²) in [5.41, 5.74) is 3.51. The first-order chi connectivity index (χ1) is 21.7. The first kappa shape index (κ1) is 33.0. The van der Waals surface area contributed by atoms with Crippen molar-refractivity contribution < 1.29 is 24.6 Å². The van der Waals surface area contributed by atoms with Crippen LogP contribution < -0.4 is 10.6 Å². The highest BCUT2D eigenvalue weighted by atomic mass is 16.3. The van der Waals surface area contributed by atoms with Crippen LogP contribution in [0.15, 0.2) is 109 Å². The van der Waals surface area contributed by atoms with Gasteiger partial charge < -0.3 is 25.7 Å². The number of aromatic hydroxyl groups is 1. The SMILES string of the molecule is CC(=O)N(CC[C@@H](O)[C@H](Cc1ccccc1)NC(=O)c1cccc(O)c1C)[C@@H](Cc1ccccc1)C(=O)NCc1ccccc1. The van der Waals surface area contributed by atoms with Crippen molar-refractivity contribution in [2.75, 3.05) is 6.54 Å². The molecule has 0 radical (unpaired) electrons. The number of benzene rings is 4. The van der Waals surface area contributed by atoms with Crippen LogP contribution in [-0.2, 0) is 29.0 Å². The number of nitrogens with zero attached hydrogens (tertiary/aromatic N) is 1. The summed E-state index contributed by atoms with van der Waals surface area (Å²) >= 11 is 0. The first-order valence-electron chi connectivity index (χ1n) is 15.2. The molecule has 4 aromatic rings. The van der Waals surface area contributed by atoms with Crippen LogP contribution in [0.25, 0.3) is 0 Å². The van der Waals surface area contributed by atoms with Crippen molar-refractivity contribution in [1.29, 1.82) is 0 Å². The zero-order valence-corrected chi connectivity index (χ0v) is 25.7. The lowest BCUT2D eigenvalue weighted by molar-refractivity contribution is -0.139. The molecule has 0 aliphatic rings. The largest absolute Gasteiger partial charge is 0.508 e. The summed E-state index contributed by atoms with van der Waals surface area (Å²) in [7, 11) is 0. The van der Waals surface area contributed by atoms with Gasteiger partial charge in [-0.3, -0.25) is 14.4 Å². The van der Waals surface area contributed by atoms with E-state index < -0.39 is 24.1 Å². The molecule has 0 aliphatic heterocycles. The van der Waals surface area contributed by atoms with Gasteiger partial charge in [0.15, 0.2) is 0 Å². The molecule has 0 saturated carbocycles. The van der Waals surface area contributed by atoms with Crippen LogP contribution in [0.2, 0.25) is 0 Å². The third kappa shape index (κ3) is 9.52. The van der Waals surface area contributed by atoms with E-state index >= 15 is 0 Å². The van der Waals surface area contributed by atoms with Crippen molar-refractivity contribution in [3.63, 3.8) is 0 Å². The predicted octanol–water partition coefficient (Wildman–Crippen LogP) is 4.57. The number of aliphatic hydroxyl groups excluding tert-OH is 1. The number of aliphatic hydroxyl groups is 1. The molecule has 45 heavy (non-hydrogen) atoms. The topological polar surface area (TPSA) is 119 Å². The summed E-state index contributed by atoms with van der Waals surface area (Å²) < 4.78 is 0.